The zero-order valence-corrected chi connectivity index (χ0v) is 16.8. The van der Waals surface area contributed by atoms with Crippen LogP contribution in [0.15, 0.2) is 40.2 Å². The van der Waals surface area contributed by atoms with E-state index in [2.05, 4.69) is 64.3 Å². The maximum atomic E-state index is 12.5. The maximum absolute atomic E-state index is 12.5. The largest absolute Gasteiger partial charge is 0.469 e. The topological polar surface area (TPSA) is 29.5 Å². The molecule has 0 N–H and O–H groups in total. The molecule has 2 fully saturated rings. The van der Waals surface area contributed by atoms with Crippen molar-refractivity contribution >= 4 is 33.2 Å². The van der Waals surface area contributed by atoms with E-state index < -0.39 is 0 Å². The Balaban J connectivity index is 1.64. The molecule has 0 amide bonds. The molecule has 2 aliphatic rings. The van der Waals surface area contributed by atoms with Gasteiger partial charge in [-0.15, -0.1) is 11.3 Å². The number of fused-ring (bicyclic) bond motifs is 2. The van der Waals surface area contributed by atoms with Gasteiger partial charge < -0.3 is 4.74 Å². The molecular formula is C20H22BrNO2S. The standard InChI is InChI=1S/C20H22BrNO2S/c1-22-14-7-8-16(22)19(20(23)24-2)15(11-14)12-3-5-13(6-4-12)17-9-10-18(21)25-17/h3-6,9-10,14-16,19H,7-8,11H2,1-2H3. The first-order valence-corrected chi connectivity index (χ1v) is 10.3. The molecule has 2 saturated heterocycles. The van der Waals surface area contributed by atoms with E-state index in [-0.39, 0.29) is 17.8 Å². The molecule has 0 radical (unpaired) electrons. The second-order valence-corrected chi connectivity index (χ2v) is 9.54. The van der Waals surface area contributed by atoms with E-state index in [9.17, 15) is 4.79 Å². The predicted octanol–water partition coefficient (Wildman–Crippen LogP) is 4.92. The third-order valence-electron chi connectivity index (χ3n) is 5.94. The van der Waals surface area contributed by atoms with E-state index in [1.165, 1.54) is 29.5 Å². The number of esters is 1. The molecule has 4 unspecified atom stereocenters. The van der Waals surface area contributed by atoms with Crippen molar-refractivity contribution in [1.82, 2.24) is 4.90 Å². The summed E-state index contributed by atoms with van der Waals surface area (Å²) in [4.78, 5) is 16.2. The molecule has 4 rings (SSSR count). The molecule has 0 aliphatic carbocycles. The van der Waals surface area contributed by atoms with Crippen LogP contribution in [0, 0.1) is 5.92 Å². The number of nitrogens with zero attached hydrogens (tertiary/aromatic N) is 1. The number of carbonyl (C=O) groups excluding carboxylic acids is 1. The van der Waals surface area contributed by atoms with Gasteiger partial charge in [0.05, 0.1) is 16.8 Å². The highest BCUT2D eigenvalue weighted by atomic mass is 79.9. The van der Waals surface area contributed by atoms with Gasteiger partial charge in [0.2, 0.25) is 0 Å². The van der Waals surface area contributed by atoms with Crippen LogP contribution in [0.4, 0.5) is 0 Å². The molecule has 1 aromatic heterocycles. The number of hydrogen-bond donors (Lipinski definition) is 0. The smallest absolute Gasteiger partial charge is 0.310 e. The summed E-state index contributed by atoms with van der Waals surface area (Å²) in [5.41, 5.74) is 2.49. The van der Waals surface area contributed by atoms with Crippen molar-refractivity contribution in [3.63, 3.8) is 0 Å². The average molecular weight is 420 g/mol. The summed E-state index contributed by atoms with van der Waals surface area (Å²) >= 11 is 5.26. The van der Waals surface area contributed by atoms with Gasteiger partial charge in [-0.25, -0.2) is 0 Å². The van der Waals surface area contributed by atoms with Gasteiger partial charge in [-0.2, -0.15) is 0 Å². The van der Waals surface area contributed by atoms with Gasteiger partial charge >= 0.3 is 5.97 Å². The molecule has 132 valence electrons. The van der Waals surface area contributed by atoms with E-state index in [1.807, 2.05) is 0 Å². The SMILES string of the molecule is COC(=O)C1C(c2ccc(-c3ccc(Br)s3)cc2)CC2CCC1N2C. The average Bonchev–Trinajstić information content (AvgIpc) is 3.14. The third-order valence-corrected chi connectivity index (χ3v) is 7.61. The first kappa shape index (κ1) is 17.3. The van der Waals surface area contributed by atoms with Crippen molar-refractivity contribution in [2.75, 3.05) is 14.2 Å². The summed E-state index contributed by atoms with van der Waals surface area (Å²) in [7, 11) is 3.67. The van der Waals surface area contributed by atoms with Crippen molar-refractivity contribution in [3.8, 4) is 10.4 Å². The lowest BCUT2D eigenvalue weighted by Gasteiger charge is -2.41. The minimum Gasteiger partial charge on any atom is -0.469 e. The fourth-order valence-electron chi connectivity index (χ4n) is 4.63. The monoisotopic (exact) mass is 419 g/mol. The number of piperidine rings is 1. The van der Waals surface area contributed by atoms with Crippen LogP contribution in [0.5, 0.6) is 0 Å². The number of halogens is 1. The number of carbonyl (C=O) groups is 1. The zero-order chi connectivity index (χ0) is 17.6. The van der Waals surface area contributed by atoms with Gasteiger partial charge in [0.25, 0.3) is 0 Å². The Bertz CT molecular complexity index is 772. The van der Waals surface area contributed by atoms with Crippen LogP contribution < -0.4 is 0 Å². The lowest BCUT2D eigenvalue weighted by Crippen LogP contribution is -2.49. The molecule has 25 heavy (non-hydrogen) atoms. The summed E-state index contributed by atoms with van der Waals surface area (Å²) in [6.07, 6.45) is 3.32. The molecule has 5 heteroatoms. The van der Waals surface area contributed by atoms with Crippen molar-refractivity contribution in [3.05, 3.63) is 45.7 Å². The zero-order valence-electron chi connectivity index (χ0n) is 14.4. The number of thiophene rings is 1. The van der Waals surface area contributed by atoms with Gasteiger partial charge in [-0.3, -0.25) is 9.69 Å². The van der Waals surface area contributed by atoms with Crippen LogP contribution in [0.2, 0.25) is 0 Å². The number of ether oxygens (including phenoxy) is 1. The Morgan fingerprint density at radius 1 is 1.20 bits per heavy atom. The summed E-state index contributed by atoms with van der Waals surface area (Å²) in [5, 5.41) is 0. The number of methoxy groups -OCH3 is 1. The lowest BCUT2D eigenvalue weighted by molar-refractivity contribution is -0.150. The van der Waals surface area contributed by atoms with E-state index >= 15 is 0 Å². The van der Waals surface area contributed by atoms with Gasteiger partial charge in [-0.1, -0.05) is 24.3 Å². The van der Waals surface area contributed by atoms with Crippen LogP contribution in [0.25, 0.3) is 10.4 Å². The Kier molecular flexibility index (Phi) is 4.73. The molecule has 0 spiro atoms. The molecule has 2 bridgehead atoms. The van der Waals surface area contributed by atoms with Gasteiger partial charge in [0, 0.05) is 22.9 Å². The van der Waals surface area contributed by atoms with Crippen molar-refractivity contribution in [1.29, 1.82) is 0 Å². The molecule has 2 aliphatic heterocycles. The normalized spacial score (nSPS) is 28.9. The lowest BCUT2D eigenvalue weighted by atomic mass is 9.76. The second-order valence-electron chi connectivity index (χ2n) is 7.08. The number of benzene rings is 1. The van der Waals surface area contributed by atoms with Crippen molar-refractivity contribution in [2.45, 2.75) is 37.3 Å². The highest BCUT2D eigenvalue weighted by Crippen LogP contribution is 2.47. The van der Waals surface area contributed by atoms with Crippen LogP contribution in [-0.4, -0.2) is 37.1 Å². The minimum atomic E-state index is -0.0616. The van der Waals surface area contributed by atoms with Crippen LogP contribution in [0.3, 0.4) is 0 Å². The molecule has 0 saturated carbocycles. The summed E-state index contributed by atoms with van der Waals surface area (Å²) < 4.78 is 6.31. The third kappa shape index (κ3) is 3.07. The number of rotatable bonds is 3. The Hall–Kier alpha value is -1.17. The predicted molar refractivity (Wildman–Crippen MR) is 105 cm³/mol. The Morgan fingerprint density at radius 3 is 2.60 bits per heavy atom. The molecule has 2 aromatic rings. The Morgan fingerprint density at radius 2 is 1.96 bits per heavy atom. The summed E-state index contributed by atoms with van der Waals surface area (Å²) in [6.45, 7) is 0. The van der Waals surface area contributed by atoms with E-state index in [1.54, 1.807) is 11.3 Å². The fourth-order valence-corrected chi connectivity index (χ4v) is 6.02. The minimum absolute atomic E-state index is 0.0597. The highest BCUT2D eigenvalue weighted by Gasteiger charge is 2.49. The number of hydrogen-bond acceptors (Lipinski definition) is 4. The van der Waals surface area contributed by atoms with E-state index in [4.69, 9.17) is 4.74 Å². The van der Waals surface area contributed by atoms with Crippen LogP contribution in [-0.2, 0) is 9.53 Å². The second kappa shape index (κ2) is 6.86. The van der Waals surface area contributed by atoms with Crippen LogP contribution >= 0.6 is 27.3 Å². The molecule has 3 nitrogen and oxygen atoms in total. The van der Waals surface area contributed by atoms with E-state index in [0.29, 0.717) is 12.1 Å². The Labute approximate surface area is 161 Å². The summed E-state index contributed by atoms with van der Waals surface area (Å²) in [6, 6.07) is 13.9. The molecule has 3 heterocycles. The molecule has 4 atom stereocenters. The van der Waals surface area contributed by atoms with Gasteiger partial charge in [-0.05, 0) is 65.5 Å². The first-order chi connectivity index (χ1) is 12.1. The van der Waals surface area contributed by atoms with Crippen molar-refractivity contribution < 1.29 is 9.53 Å². The molecule has 1 aromatic carbocycles. The maximum Gasteiger partial charge on any atom is 0.310 e. The highest BCUT2D eigenvalue weighted by molar-refractivity contribution is 9.11. The first-order valence-electron chi connectivity index (χ1n) is 8.74. The van der Waals surface area contributed by atoms with E-state index in [0.717, 1.165) is 16.6 Å². The quantitative estimate of drug-likeness (QED) is 0.661. The fraction of sp³-hybridized carbons (Fsp3) is 0.450. The molecular weight excluding hydrogens is 398 g/mol. The summed E-state index contributed by atoms with van der Waals surface area (Å²) in [5.74, 6) is 0.134. The van der Waals surface area contributed by atoms with Crippen LogP contribution in [0.1, 0.15) is 30.7 Å². The van der Waals surface area contributed by atoms with Gasteiger partial charge in [0.15, 0.2) is 0 Å². The van der Waals surface area contributed by atoms with Crippen molar-refractivity contribution in [2.24, 2.45) is 5.92 Å². The van der Waals surface area contributed by atoms with Gasteiger partial charge in [0.1, 0.15) is 0 Å².